The van der Waals surface area contributed by atoms with Gasteiger partial charge in [-0.2, -0.15) is 0 Å². The Kier molecular flexibility index (Phi) is 7.05. The van der Waals surface area contributed by atoms with Gasteiger partial charge in [0.2, 0.25) is 0 Å². The Morgan fingerprint density at radius 2 is 0.964 bits per heavy atom. The normalized spacial score (nSPS) is 15.1. The number of hydrogen-bond acceptors (Lipinski definition) is 3. The molecule has 0 N–H and O–H groups in total. The predicted octanol–water partition coefficient (Wildman–Crippen LogP) is 10.9. The SMILES string of the molecule is O=P(c1ccccc1)(c1ccccc1)c1ccc2c(c1)C1(c3ccccc3-2)c2ccccc2-c2c(-c3cccc4ccccc34)nc(-c3ccccc3)nc21. The number of hydrogen-bond donors (Lipinski definition) is 0. The zero-order valence-electron chi connectivity index (χ0n) is 29.8. The largest absolute Gasteiger partial charge is 0.309 e. The molecule has 258 valence electrons. The van der Waals surface area contributed by atoms with E-state index in [1.807, 2.05) is 78.9 Å². The van der Waals surface area contributed by atoms with E-state index in [1.54, 1.807) is 0 Å². The first-order chi connectivity index (χ1) is 27.2. The summed E-state index contributed by atoms with van der Waals surface area (Å²) in [5, 5.41) is 4.72. The summed E-state index contributed by atoms with van der Waals surface area (Å²) >= 11 is 0. The fourth-order valence-corrected chi connectivity index (χ4v) is 11.9. The van der Waals surface area contributed by atoms with Gasteiger partial charge in [0.05, 0.1) is 16.8 Å². The van der Waals surface area contributed by atoms with Gasteiger partial charge in [-0.1, -0.05) is 194 Å². The van der Waals surface area contributed by atoms with Gasteiger partial charge in [-0.15, -0.1) is 0 Å². The molecule has 2 aliphatic carbocycles. The molecule has 55 heavy (non-hydrogen) atoms. The van der Waals surface area contributed by atoms with Gasteiger partial charge in [0.1, 0.15) is 0 Å². The second-order valence-corrected chi connectivity index (χ2v) is 17.1. The van der Waals surface area contributed by atoms with Crippen molar-refractivity contribution in [1.82, 2.24) is 9.97 Å². The minimum atomic E-state index is -3.30. The number of benzene rings is 8. The van der Waals surface area contributed by atoms with Gasteiger partial charge in [0.25, 0.3) is 0 Å². The highest BCUT2D eigenvalue weighted by Crippen LogP contribution is 2.64. The molecular formula is C51H33N2OP. The fourth-order valence-electron chi connectivity index (χ4n) is 9.22. The summed E-state index contributed by atoms with van der Waals surface area (Å²) in [6.45, 7) is 0. The molecule has 0 saturated carbocycles. The van der Waals surface area contributed by atoms with Gasteiger partial charge in [-0.3, -0.25) is 0 Å². The van der Waals surface area contributed by atoms with Crippen LogP contribution in [0.4, 0.5) is 0 Å². The van der Waals surface area contributed by atoms with Crippen LogP contribution in [-0.4, -0.2) is 9.97 Å². The first kappa shape index (κ1) is 31.8. The zero-order chi connectivity index (χ0) is 36.6. The first-order valence-electron chi connectivity index (χ1n) is 18.7. The van der Waals surface area contributed by atoms with Crippen molar-refractivity contribution in [2.75, 3.05) is 0 Å². The lowest BCUT2D eigenvalue weighted by atomic mass is 9.72. The van der Waals surface area contributed by atoms with Crippen molar-refractivity contribution in [2.24, 2.45) is 0 Å². The Labute approximate surface area is 320 Å². The van der Waals surface area contributed by atoms with E-state index in [4.69, 9.17) is 9.97 Å². The van der Waals surface area contributed by atoms with Crippen molar-refractivity contribution in [3.63, 3.8) is 0 Å². The highest BCUT2D eigenvalue weighted by molar-refractivity contribution is 7.85. The van der Waals surface area contributed by atoms with Crippen LogP contribution in [0.3, 0.4) is 0 Å². The molecule has 11 rings (SSSR count). The molecule has 0 bridgehead atoms. The third-order valence-electron chi connectivity index (χ3n) is 11.6. The van der Waals surface area contributed by atoms with Crippen LogP contribution in [0.15, 0.2) is 200 Å². The summed E-state index contributed by atoms with van der Waals surface area (Å²) in [6.07, 6.45) is 0. The van der Waals surface area contributed by atoms with Crippen LogP contribution in [0, 0.1) is 0 Å². The summed E-state index contributed by atoms with van der Waals surface area (Å²) in [5.74, 6) is 0.677. The Morgan fingerprint density at radius 1 is 0.418 bits per heavy atom. The van der Waals surface area contributed by atoms with Gasteiger partial charge in [-0.05, 0) is 50.2 Å². The number of nitrogens with zero attached hydrogens (tertiary/aromatic N) is 2. The number of fused-ring (bicyclic) bond motifs is 11. The molecule has 0 amide bonds. The molecular weight excluding hydrogens is 688 g/mol. The van der Waals surface area contributed by atoms with Crippen LogP contribution in [0.5, 0.6) is 0 Å². The van der Waals surface area contributed by atoms with Crippen LogP contribution >= 0.6 is 7.14 Å². The molecule has 0 fully saturated rings. The number of rotatable bonds is 5. The van der Waals surface area contributed by atoms with Crippen LogP contribution in [-0.2, 0) is 9.98 Å². The van der Waals surface area contributed by atoms with Crippen LogP contribution in [0.1, 0.15) is 22.4 Å². The Morgan fingerprint density at radius 3 is 1.69 bits per heavy atom. The smallest absolute Gasteiger partial charge is 0.171 e. The minimum absolute atomic E-state index is 0.677. The molecule has 0 aliphatic heterocycles. The van der Waals surface area contributed by atoms with E-state index in [2.05, 4.69) is 121 Å². The third-order valence-corrected chi connectivity index (χ3v) is 14.6. The molecule has 9 aromatic rings. The maximum atomic E-state index is 16.0. The van der Waals surface area contributed by atoms with Crippen molar-refractivity contribution >= 4 is 33.8 Å². The topological polar surface area (TPSA) is 42.9 Å². The molecule has 1 unspecified atom stereocenters. The van der Waals surface area contributed by atoms with Crippen molar-refractivity contribution in [3.8, 4) is 44.9 Å². The lowest BCUT2D eigenvalue weighted by molar-refractivity contribution is 0.592. The van der Waals surface area contributed by atoms with Crippen LogP contribution in [0.2, 0.25) is 0 Å². The average molecular weight is 721 g/mol. The quantitative estimate of drug-likeness (QED) is 0.166. The summed E-state index contributed by atoms with van der Waals surface area (Å²) < 4.78 is 16.0. The van der Waals surface area contributed by atoms with Crippen molar-refractivity contribution in [1.29, 1.82) is 0 Å². The van der Waals surface area contributed by atoms with E-state index >= 15 is 4.57 Å². The lowest BCUT2D eigenvalue weighted by Gasteiger charge is -2.30. The molecule has 3 nitrogen and oxygen atoms in total. The second kappa shape index (κ2) is 12.2. The van der Waals surface area contributed by atoms with E-state index in [9.17, 15) is 0 Å². The number of aromatic nitrogens is 2. The Balaban J connectivity index is 1.29. The standard InChI is InChI=1S/C51H33N2OP/c54-55(36-21-6-2-7-22-36,37-23-8-3-9-24-37)38-31-32-41-40-26-12-14-29-44(40)51(46(41)33-38)45-30-15-13-27-43(45)47-48(42-28-16-20-34-17-10-11-25-39(34)42)52-50(53-49(47)51)35-18-4-1-5-19-35/h1-33H. The first-order valence-corrected chi connectivity index (χ1v) is 20.4. The van der Waals surface area contributed by atoms with E-state index in [0.717, 1.165) is 82.6 Å². The van der Waals surface area contributed by atoms with Crippen molar-refractivity contribution < 1.29 is 4.57 Å². The van der Waals surface area contributed by atoms with Crippen molar-refractivity contribution in [2.45, 2.75) is 5.41 Å². The van der Waals surface area contributed by atoms with Gasteiger partial charge in [0.15, 0.2) is 13.0 Å². The highest BCUT2D eigenvalue weighted by Gasteiger charge is 2.54. The summed E-state index contributed by atoms with van der Waals surface area (Å²) in [4.78, 5) is 11.1. The summed E-state index contributed by atoms with van der Waals surface area (Å²) in [7, 11) is -3.30. The van der Waals surface area contributed by atoms with Crippen molar-refractivity contribution in [3.05, 3.63) is 223 Å². The third kappa shape index (κ3) is 4.48. The Bertz CT molecular complexity index is 2970. The lowest BCUT2D eigenvalue weighted by Crippen LogP contribution is -2.30. The molecule has 0 radical (unpaired) electrons. The van der Waals surface area contributed by atoms with Gasteiger partial charge in [-0.25, -0.2) is 9.97 Å². The van der Waals surface area contributed by atoms with E-state index < -0.39 is 12.6 Å². The fraction of sp³-hybridized carbons (Fsp3) is 0.0196. The molecule has 1 heterocycles. The summed E-state index contributed by atoms with van der Waals surface area (Å²) in [5.41, 5.74) is 10.9. The predicted molar refractivity (Wildman–Crippen MR) is 226 cm³/mol. The maximum absolute atomic E-state index is 16.0. The summed E-state index contributed by atoms with van der Waals surface area (Å²) in [6, 6.07) is 69.2. The van der Waals surface area contributed by atoms with Gasteiger partial charge >= 0.3 is 0 Å². The van der Waals surface area contributed by atoms with E-state index in [0.29, 0.717) is 5.82 Å². The van der Waals surface area contributed by atoms with E-state index in [1.165, 1.54) is 5.56 Å². The molecule has 0 saturated heterocycles. The molecule has 1 aromatic heterocycles. The van der Waals surface area contributed by atoms with Gasteiger partial charge < -0.3 is 4.57 Å². The molecule has 2 aliphatic rings. The minimum Gasteiger partial charge on any atom is -0.309 e. The van der Waals surface area contributed by atoms with Crippen LogP contribution in [0.25, 0.3) is 55.7 Å². The van der Waals surface area contributed by atoms with Gasteiger partial charge in [0, 0.05) is 32.6 Å². The molecule has 1 spiro atoms. The average Bonchev–Trinajstić information content (AvgIpc) is 3.73. The zero-order valence-corrected chi connectivity index (χ0v) is 30.7. The van der Waals surface area contributed by atoms with Crippen LogP contribution < -0.4 is 15.9 Å². The Hall–Kier alpha value is -6.67. The molecule has 4 heteroatoms. The molecule has 8 aromatic carbocycles. The van der Waals surface area contributed by atoms with E-state index in [-0.39, 0.29) is 0 Å². The monoisotopic (exact) mass is 720 g/mol. The molecule has 1 atom stereocenters. The maximum Gasteiger partial charge on any atom is 0.171 e. The second-order valence-electron chi connectivity index (χ2n) is 14.4. The highest BCUT2D eigenvalue weighted by atomic mass is 31.2.